The van der Waals surface area contributed by atoms with Gasteiger partial charge in [-0.15, -0.1) is 11.3 Å². The van der Waals surface area contributed by atoms with Gasteiger partial charge < -0.3 is 15.0 Å². The summed E-state index contributed by atoms with van der Waals surface area (Å²) in [7, 11) is 0. The average molecular weight is 542 g/mol. The van der Waals surface area contributed by atoms with E-state index in [0.717, 1.165) is 14.6 Å². The van der Waals surface area contributed by atoms with Gasteiger partial charge in [-0.25, -0.2) is 4.79 Å². The lowest BCUT2D eigenvalue weighted by Crippen LogP contribution is -2.52. The number of fused-ring (bicyclic) bond motifs is 2. The van der Waals surface area contributed by atoms with Crippen molar-refractivity contribution in [2.75, 3.05) is 25.0 Å². The maximum Gasteiger partial charge on any atom is 0.319 e. The molecule has 1 fully saturated rings. The number of rotatable bonds is 3. The van der Waals surface area contributed by atoms with Crippen LogP contribution in [0.15, 0.2) is 46.9 Å². The second-order valence-corrected chi connectivity index (χ2v) is 10.6. The summed E-state index contributed by atoms with van der Waals surface area (Å²) in [4.78, 5) is 40.5. The van der Waals surface area contributed by atoms with Crippen molar-refractivity contribution in [2.24, 2.45) is 0 Å². The van der Waals surface area contributed by atoms with Gasteiger partial charge >= 0.3 is 6.03 Å². The third-order valence-corrected chi connectivity index (χ3v) is 7.97. The SMILES string of the molecule is CCNC(=O)Nc1sc2ccccc2c1C(=O)N1CCC2(CC1)CC(=O)c1cc(Br)ccc1O2. The Bertz CT molecular complexity index is 1300. The number of carbonyl (C=O) groups excluding carboxylic acids is 3. The van der Waals surface area contributed by atoms with Gasteiger partial charge in [0.05, 0.1) is 17.5 Å². The first-order valence-electron chi connectivity index (χ1n) is 11.3. The van der Waals surface area contributed by atoms with E-state index < -0.39 is 5.60 Å². The van der Waals surface area contributed by atoms with E-state index in [4.69, 9.17) is 4.74 Å². The van der Waals surface area contributed by atoms with Gasteiger partial charge in [0.25, 0.3) is 5.91 Å². The van der Waals surface area contributed by atoms with Gasteiger partial charge in [-0.1, -0.05) is 34.1 Å². The number of Topliss-reactive ketones (excluding diaryl/α,β-unsaturated/α-hetero) is 1. The molecule has 1 saturated heterocycles. The van der Waals surface area contributed by atoms with Gasteiger partial charge in [0, 0.05) is 47.0 Å². The lowest BCUT2D eigenvalue weighted by Gasteiger charge is -2.44. The topological polar surface area (TPSA) is 87.7 Å². The lowest BCUT2D eigenvalue weighted by atomic mass is 9.82. The van der Waals surface area contributed by atoms with Gasteiger partial charge in [-0.05, 0) is 31.2 Å². The van der Waals surface area contributed by atoms with Gasteiger partial charge in [0.2, 0.25) is 0 Å². The molecule has 9 heteroatoms. The predicted octanol–water partition coefficient (Wildman–Crippen LogP) is 5.45. The summed E-state index contributed by atoms with van der Waals surface area (Å²) in [5, 5.41) is 6.94. The molecule has 1 spiro atoms. The second kappa shape index (κ2) is 9.03. The molecular formula is C25H24BrN3O4S. The van der Waals surface area contributed by atoms with Crippen molar-refractivity contribution in [1.29, 1.82) is 0 Å². The Labute approximate surface area is 209 Å². The predicted molar refractivity (Wildman–Crippen MR) is 136 cm³/mol. The maximum absolute atomic E-state index is 13.7. The molecule has 1 aromatic heterocycles. The van der Waals surface area contributed by atoms with E-state index in [9.17, 15) is 14.4 Å². The Hall–Kier alpha value is -2.91. The number of hydrogen-bond donors (Lipinski definition) is 2. The van der Waals surface area contributed by atoms with Crippen LogP contribution in [0.1, 0.15) is 46.9 Å². The van der Waals surface area contributed by atoms with Gasteiger partial charge in [-0.2, -0.15) is 0 Å². The molecule has 0 unspecified atom stereocenters. The van der Waals surface area contributed by atoms with Crippen molar-refractivity contribution >= 4 is 60.1 Å². The fourth-order valence-corrected chi connectivity index (χ4v) is 6.12. The molecule has 3 amide bonds. The van der Waals surface area contributed by atoms with Crippen LogP contribution in [0.2, 0.25) is 0 Å². The molecule has 3 aromatic rings. The second-order valence-electron chi connectivity index (χ2n) is 8.60. The number of hydrogen-bond acceptors (Lipinski definition) is 5. The summed E-state index contributed by atoms with van der Waals surface area (Å²) in [6.45, 7) is 3.29. The molecule has 7 nitrogen and oxygen atoms in total. The third-order valence-electron chi connectivity index (χ3n) is 6.39. The highest BCUT2D eigenvalue weighted by Gasteiger charge is 2.44. The van der Waals surface area contributed by atoms with Crippen molar-refractivity contribution in [3.63, 3.8) is 0 Å². The lowest BCUT2D eigenvalue weighted by molar-refractivity contribution is -0.00563. The summed E-state index contributed by atoms with van der Waals surface area (Å²) in [6.07, 6.45) is 1.45. The van der Waals surface area contributed by atoms with Crippen LogP contribution in [-0.4, -0.2) is 47.9 Å². The van der Waals surface area contributed by atoms with Crippen LogP contribution < -0.4 is 15.4 Å². The molecule has 0 radical (unpaired) electrons. The molecule has 3 heterocycles. The largest absolute Gasteiger partial charge is 0.486 e. The molecule has 0 saturated carbocycles. The van der Waals surface area contributed by atoms with Crippen molar-refractivity contribution in [2.45, 2.75) is 31.8 Å². The van der Waals surface area contributed by atoms with E-state index in [1.54, 1.807) is 11.0 Å². The standard InChI is InChI=1S/C25H24BrN3O4S/c1-2-27-24(32)28-22-21(16-5-3-4-6-20(16)34-22)23(31)29-11-9-25(10-12-29)14-18(30)17-13-15(26)7-8-19(17)33-25/h3-8,13H,2,9-12,14H2,1H3,(H2,27,28,32). The van der Waals surface area contributed by atoms with Gasteiger partial charge in [0.1, 0.15) is 16.4 Å². The van der Waals surface area contributed by atoms with E-state index >= 15 is 0 Å². The van der Waals surface area contributed by atoms with Crippen LogP contribution in [0.3, 0.4) is 0 Å². The molecule has 34 heavy (non-hydrogen) atoms. The minimum absolute atomic E-state index is 0.0691. The highest BCUT2D eigenvalue weighted by molar-refractivity contribution is 9.10. The third kappa shape index (κ3) is 4.18. The fourth-order valence-electron chi connectivity index (χ4n) is 4.67. The summed E-state index contributed by atoms with van der Waals surface area (Å²) in [6, 6.07) is 12.8. The summed E-state index contributed by atoms with van der Waals surface area (Å²) in [5.41, 5.74) is 0.524. The Morgan fingerprint density at radius 3 is 2.71 bits per heavy atom. The zero-order chi connectivity index (χ0) is 23.9. The van der Waals surface area contributed by atoms with E-state index in [1.807, 2.05) is 43.3 Å². The molecule has 0 bridgehead atoms. The van der Waals surface area contributed by atoms with Crippen LogP contribution in [-0.2, 0) is 0 Å². The molecule has 0 aliphatic carbocycles. The Morgan fingerprint density at radius 1 is 1.18 bits per heavy atom. The summed E-state index contributed by atoms with van der Waals surface area (Å²) in [5.74, 6) is 0.557. The number of urea groups is 1. The van der Waals surface area contributed by atoms with E-state index in [0.29, 0.717) is 60.8 Å². The number of likely N-dealkylation sites (tertiary alicyclic amines) is 1. The number of ketones is 1. The number of ether oxygens (including phenoxy) is 1. The smallest absolute Gasteiger partial charge is 0.319 e. The number of halogens is 1. The minimum Gasteiger partial charge on any atom is -0.486 e. The zero-order valence-electron chi connectivity index (χ0n) is 18.7. The molecule has 2 aromatic carbocycles. The molecule has 176 valence electrons. The first-order chi connectivity index (χ1) is 16.4. The highest BCUT2D eigenvalue weighted by atomic mass is 79.9. The monoisotopic (exact) mass is 541 g/mol. The normalized spacial score (nSPS) is 16.8. The van der Waals surface area contributed by atoms with Crippen LogP contribution in [0, 0.1) is 0 Å². The Morgan fingerprint density at radius 2 is 1.94 bits per heavy atom. The van der Waals surface area contributed by atoms with Gasteiger partial charge in [0.15, 0.2) is 5.78 Å². The van der Waals surface area contributed by atoms with Crippen LogP contribution in [0.25, 0.3) is 10.1 Å². The number of benzene rings is 2. The van der Waals surface area contributed by atoms with Crippen molar-refractivity contribution < 1.29 is 19.1 Å². The number of amides is 3. The minimum atomic E-state index is -0.590. The van der Waals surface area contributed by atoms with E-state index in [2.05, 4.69) is 26.6 Å². The molecule has 2 aliphatic rings. The van der Waals surface area contributed by atoms with Gasteiger partial charge in [-0.3, -0.25) is 14.9 Å². The molecular weight excluding hydrogens is 518 g/mol. The number of piperidine rings is 1. The van der Waals surface area contributed by atoms with Crippen molar-refractivity contribution in [1.82, 2.24) is 10.2 Å². The Kier molecular flexibility index (Phi) is 6.07. The zero-order valence-corrected chi connectivity index (χ0v) is 21.1. The molecule has 2 N–H and O–H groups in total. The highest BCUT2D eigenvalue weighted by Crippen LogP contribution is 2.42. The van der Waals surface area contributed by atoms with Crippen LogP contribution in [0.5, 0.6) is 5.75 Å². The fraction of sp³-hybridized carbons (Fsp3) is 0.320. The number of nitrogens with one attached hydrogen (secondary N) is 2. The number of thiophene rings is 1. The number of carbonyl (C=O) groups is 3. The quantitative estimate of drug-likeness (QED) is 0.461. The van der Waals surface area contributed by atoms with E-state index in [-0.39, 0.29) is 17.7 Å². The molecule has 2 aliphatic heterocycles. The number of anilines is 1. The van der Waals surface area contributed by atoms with E-state index in [1.165, 1.54) is 11.3 Å². The molecule has 0 atom stereocenters. The van der Waals surface area contributed by atoms with Crippen molar-refractivity contribution in [3.05, 3.63) is 58.1 Å². The number of nitrogens with zero attached hydrogens (tertiary/aromatic N) is 1. The van der Waals surface area contributed by atoms with Crippen molar-refractivity contribution in [3.8, 4) is 5.75 Å². The van der Waals surface area contributed by atoms with Crippen LogP contribution >= 0.6 is 27.3 Å². The van der Waals surface area contributed by atoms with Crippen LogP contribution in [0.4, 0.5) is 9.80 Å². The summed E-state index contributed by atoms with van der Waals surface area (Å²) < 4.78 is 8.12. The Balaban J connectivity index is 1.37. The maximum atomic E-state index is 13.7. The summed E-state index contributed by atoms with van der Waals surface area (Å²) >= 11 is 4.81. The average Bonchev–Trinajstić information content (AvgIpc) is 3.17. The first-order valence-corrected chi connectivity index (χ1v) is 12.9. The first kappa shape index (κ1) is 22.9. The molecule has 5 rings (SSSR count).